The van der Waals surface area contributed by atoms with E-state index in [4.69, 9.17) is 10.5 Å². The molecule has 3 rings (SSSR count). The molecule has 4 atom stereocenters. The van der Waals surface area contributed by atoms with Crippen molar-refractivity contribution in [1.82, 2.24) is 5.32 Å². The van der Waals surface area contributed by atoms with Crippen LogP contribution in [0.15, 0.2) is 24.3 Å². The van der Waals surface area contributed by atoms with Gasteiger partial charge in [-0.15, -0.1) is 0 Å². The summed E-state index contributed by atoms with van der Waals surface area (Å²) in [6, 6.07) is 7.41. The highest BCUT2D eigenvalue weighted by molar-refractivity contribution is 5.89. The van der Waals surface area contributed by atoms with Gasteiger partial charge in [-0.05, 0) is 31.0 Å². The molecule has 5 nitrogen and oxygen atoms in total. The summed E-state index contributed by atoms with van der Waals surface area (Å²) in [5, 5.41) is 5.73. The van der Waals surface area contributed by atoms with E-state index in [1.807, 2.05) is 31.2 Å². The highest BCUT2D eigenvalue weighted by Gasteiger charge is 2.52. The van der Waals surface area contributed by atoms with Crippen molar-refractivity contribution in [1.29, 1.82) is 0 Å². The van der Waals surface area contributed by atoms with E-state index in [-0.39, 0.29) is 24.2 Å². The van der Waals surface area contributed by atoms with Gasteiger partial charge in [0.1, 0.15) is 0 Å². The Balaban J connectivity index is 1.57. The maximum absolute atomic E-state index is 11.9. The van der Waals surface area contributed by atoms with Crippen molar-refractivity contribution in [2.45, 2.75) is 31.5 Å². The second kappa shape index (κ2) is 4.83. The fourth-order valence-corrected chi connectivity index (χ4v) is 2.97. The highest BCUT2D eigenvalue weighted by Crippen LogP contribution is 2.37. The summed E-state index contributed by atoms with van der Waals surface area (Å²) in [6.07, 6.45) is 1.10. The van der Waals surface area contributed by atoms with E-state index in [9.17, 15) is 4.79 Å². The molecule has 1 aromatic carbocycles. The third-order valence-corrected chi connectivity index (χ3v) is 4.02. The van der Waals surface area contributed by atoms with Crippen LogP contribution in [-0.4, -0.2) is 30.8 Å². The lowest BCUT2D eigenvalue weighted by atomic mass is 9.72. The first-order valence-electron chi connectivity index (χ1n) is 6.66. The molecule has 0 radical (unpaired) electrons. The predicted molar refractivity (Wildman–Crippen MR) is 72.9 cm³/mol. The van der Waals surface area contributed by atoms with Crippen LogP contribution in [0.3, 0.4) is 0 Å². The maximum Gasteiger partial charge on any atom is 0.319 e. The number of carbonyl (C=O) groups is 1. The van der Waals surface area contributed by atoms with Crippen molar-refractivity contribution in [2.75, 3.05) is 11.9 Å². The van der Waals surface area contributed by atoms with Crippen molar-refractivity contribution in [3.63, 3.8) is 0 Å². The summed E-state index contributed by atoms with van der Waals surface area (Å²) < 4.78 is 5.58. The first-order valence-corrected chi connectivity index (χ1v) is 6.66. The maximum atomic E-state index is 11.9. The fourth-order valence-electron chi connectivity index (χ4n) is 2.97. The Kier molecular flexibility index (Phi) is 3.16. The Bertz CT molecular complexity index is 491. The fraction of sp³-hybridized carbons (Fsp3) is 0.500. The molecule has 5 heteroatoms. The summed E-state index contributed by atoms with van der Waals surface area (Å²) >= 11 is 0. The lowest BCUT2D eigenvalue weighted by Crippen LogP contribution is -2.69. The Labute approximate surface area is 112 Å². The van der Waals surface area contributed by atoms with Crippen LogP contribution in [0.1, 0.15) is 12.0 Å². The van der Waals surface area contributed by atoms with E-state index in [0.29, 0.717) is 5.92 Å². The second-order valence-corrected chi connectivity index (χ2v) is 5.36. The number of amides is 2. The third kappa shape index (κ3) is 2.31. The van der Waals surface area contributed by atoms with Gasteiger partial charge in [-0.1, -0.05) is 12.1 Å². The average Bonchev–Trinajstić information content (AvgIpc) is 2.80. The monoisotopic (exact) mass is 261 g/mol. The molecule has 1 aliphatic carbocycles. The summed E-state index contributed by atoms with van der Waals surface area (Å²) in [5.41, 5.74) is 7.95. The lowest BCUT2D eigenvalue weighted by molar-refractivity contribution is -0.0128. The van der Waals surface area contributed by atoms with Gasteiger partial charge in [0.2, 0.25) is 0 Å². The number of carbonyl (C=O) groups excluding carboxylic acids is 1. The Morgan fingerprint density at radius 2 is 2.32 bits per heavy atom. The minimum absolute atomic E-state index is 0.00996. The van der Waals surface area contributed by atoms with Crippen LogP contribution in [-0.2, 0) is 4.74 Å². The van der Waals surface area contributed by atoms with Gasteiger partial charge in [-0.2, -0.15) is 0 Å². The number of ether oxygens (including phenoxy) is 1. The molecule has 1 heterocycles. The van der Waals surface area contributed by atoms with Crippen LogP contribution in [0.5, 0.6) is 0 Å². The molecule has 0 aromatic heterocycles. The molecule has 0 spiro atoms. The molecule has 1 saturated heterocycles. The Hall–Kier alpha value is -1.59. The number of nitrogens with one attached hydrogen (secondary N) is 2. The lowest BCUT2D eigenvalue weighted by Gasteiger charge is -2.45. The number of anilines is 1. The molecular formula is C14H19N3O2. The number of rotatable bonds is 2. The van der Waals surface area contributed by atoms with Crippen LogP contribution >= 0.6 is 0 Å². The van der Waals surface area contributed by atoms with Crippen molar-refractivity contribution in [3.05, 3.63) is 29.8 Å². The topological polar surface area (TPSA) is 76.4 Å². The van der Waals surface area contributed by atoms with Crippen molar-refractivity contribution < 1.29 is 9.53 Å². The van der Waals surface area contributed by atoms with Crippen molar-refractivity contribution in [2.24, 2.45) is 11.7 Å². The number of fused-ring (bicyclic) bond motifs is 1. The average molecular weight is 261 g/mol. The van der Waals surface area contributed by atoms with E-state index in [0.717, 1.165) is 24.3 Å². The highest BCUT2D eigenvalue weighted by atomic mass is 16.5. The van der Waals surface area contributed by atoms with Gasteiger partial charge in [0, 0.05) is 24.3 Å². The minimum Gasteiger partial charge on any atom is -0.376 e. The van der Waals surface area contributed by atoms with Gasteiger partial charge in [0.05, 0.1) is 12.1 Å². The standard InChI is InChI=1S/C14H19N3O2/c1-8-3-2-4-9(7-8)16-14(18)17-12-11(15)10-5-6-19-13(10)12/h2-4,7,10-13H,5-6,15H2,1H3,(H2,16,17,18). The van der Waals surface area contributed by atoms with Crippen LogP contribution in [0.4, 0.5) is 10.5 Å². The number of hydrogen-bond donors (Lipinski definition) is 3. The first-order chi connectivity index (χ1) is 9.15. The quantitative estimate of drug-likeness (QED) is 0.749. The van der Waals surface area contributed by atoms with E-state index < -0.39 is 0 Å². The van der Waals surface area contributed by atoms with Crippen molar-refractivity contribution in [3.8, 4) is 0 Å². The third-order valence-electron chi connectivity index (χ3n) is 4.02. The number of benzene rings is 1. The zero-order valence-electron chi connectivity index (χ0n) is 10.9. The van der Waals surface area contributed by atoms with Gasteiger partial charge in [-0.3, -0.25) is 0 Å². The second-order valence-electron chi connectivity index (χ2n) is 5.36. The van der Waals surface area contributed by atoms with Crippen LogP contribution in [0.2, 0.25) is 0 Å². The molecule has 2 aliphatic rings. The molecule has 102 valence electrons. The zero-order valence-corrected chi connectivity index (χ0v) is 10.9. The molecule has 4 N–H and O–H groups in total. The minimum atomic E-state index is -0.222. The zero-order chi connectivity index (χ0) is 13.4. The normalized spacial score (nSPS) is 32.3. The van der Waals surface area contributed by atoms with E-state index >= 15 is 0 Å². The van der Waals surface area contributed by atoms with Gasteiger partial charge < -0.3 is 21.1 Å². The predicted octanol–water partition coefficient (Wildman–Crippen LogP) is 1.23. The van der Waals surface area contributed by atoms with Crippen molar-refractivity contribution >= 4 is 11.7 Å². The summed E-state index contributed by atoms with van der Waals surface area (Å²) in [4.78, 5) is 11.9. The molecular weight excluding hydrogens is 242 g/mol. The smallest absolute Gasteiger partial charge is 0.319 e. The number of nitrogens with two attached hydrogens (primary N) is 1. The van der Waals surface area contributed by atoms with E-state index in [2.05, 4.69) is 10.6 Å². The summed E-state index contributed by atoms with van der Waals surface area (Å²) in [7, 11) is 0. The first kappa shape index (κ1) is 12.4. The van der Waals surface area contributed by atoms with E-state index in [1.54, 1.807) is 0 Å². The molecule has 1 aliphatic heterocycles. The number of hydrogen-bond acceptors (Lipinski definition) is 3. The molecule has 1 saturated carbocycles. The molecule has 4 unspecified atom stereocenters. The molecule has 0 bridgehead atoms. The number of urea groups is 1. The Morgan fingerprint density at radius 3 is 3.11 bits per heavy atom. The molecule has 2 fully saturated rings. The van der Waals surface area contributed by atoms with Gasteiger partial charge in [0.15, 0.2) is 0 Å². The molecule has 2 amide bonds. The van der Waals surface area contributed by atoms with Crippen LogP contribution in [0.25, 0.3) is 0 Å². The Morgan fingerprint density at radius 1 is 1.47 bits per heavy atom. The molecule has 1 aromatic rings. The van der Waals surface area contributed by atoms with Gasteiger partial charge in [0.25, 0.3) is 0 Å². The SMILES string of the molecule is Cc1cccc(NC(=O)NC2C(N)C3CCOC32)c1. The van der Waals surface area contributed by atoms with Gasteiger partial charge >= 0.3 is 6.03 Å². The largest absolute Gasteiger partial charge is 0.376 e. The van der Waals surface area contributed by atoms with Gasteiger partial charge in [-0.25, -0.2) is 4.79 Å². The van der Waals surface area contributed by atoms with E-state index in [1.165, 1.54) is 0 Å². The summed E-state index contributed by atoms with van der Waals surface area (Å²) in [6.45, 7) is 2.74. The number of aryl methyl sites for hydroxylation is 1. The van der Waals surface area contributed by atoms with Crippen LogP contribution < -0.4 is 16.4 Å². The molecule has 19 heavy (non-hydrogen) atoms. The van der Waals surface area contributed by atoms with Crippen LogP contribution in [0, 0.1) is 12.8 Å². The summed E-state index contributed by atoms with van der Waals surface area (Å²) in [5.74, 6) is 0.407.